The Bertz CT molecular complexity index is 1130. The van der Waals surface area contributed by atoms with E-state index in [-0.39, 0.29) is 11.9 Å². The summed E-state index contributed by atoms with van der Waals surface area (Å²) >= 11 is 0. The van der Waals surface area contributed by atoms with E-state index in [1.54, 1.807) is 7.11 Å². The predicted octanol–water partition coefficient (Wildman–Crippen LogP) is 4.15. The van der Waals surface area contributed by atoms with Gasteiger partial charge < -0.3 is 14.4 Å². The number of rotatable bonds is 2. The number of carbonyl (C=O) groups is 2. The van der Waals surface area contributed by atoms with Crippen molar-refractivity contribution >= 4 is 22.6 Å². The van der Waals surface area contributed by atoms with Gasteiger partial charge in [-0.2, -0.15) is 0 Å². The van der Waals surface area contributed by atoms with Crippen molar-refractivity contribution < 1.29 is 19.1 Å². The van der Waals surface area contributed by atoms with E-state index in [0.717, 1.165) is 22.1 Å². The Labute approximate surface area is 168 Å². The maximum Gasteiger partial charge on any atom is 0.339 e. The van der Waals surface area contributed by atoms with Crippen molar-refractivity contribution in [2.75, 3.05) is 20.2 Å². The van der Waals surface area contributed by atoms with Crippen LogP contribution in [0.5, 0.6) is 5.75 Å². The summed E-state index contributed by atoms with van der Waals surface area (Å²) in [6.07, 6.45) is 1.23. The summed E-state index contributed by atoms with van der Waals surface area (Å²) in [5, 5.41) is 1.96. The maximum absolute atomic E-state index is 13.1. The molecule has 0 unspecified atom stereocenters. The fourth-order valence-corrected chi connectivity index (χ4v) is 4.54. The van der Waals surface area contributed by atoms with Crippen LogP contribution in [-0.4, -0.2) is 37.0 Å². The number of amides is 1. The third kappa shape index (κ3) is 2.77. The van der Waals surface area contributed by atoms with Crippen molar-refractivity contribution in [1.82, 2.24) is 4.90 Å². The van der Waals surface area contributed by atoms with Crippen molar-refractivity contribution in [1.29, 1.82) is 0 Å². The second-order valence-electron chi connectivity index (χ2n) is 7.62. The van der Waals surface area contributed by atoms with E-state index in [0.29, 0.717) is 37.1 Å². The smallest absolute Gasteiger partial charge is 0.339 e. The van der Waals surface area contributed by atoms with Gasteiger partial charge in [-0.1, -0.05) is 30.3 Å². The van der Waals surface area contributed by atoms with Gasteiger partial charge in [-0.15, -0.1) is 0 Å². The summed E-state index contributed by atoms with van der Waals surface area (Å²) in [4.78, 5) is 27.2. The molecule has 3 aromatic carbocycles. The highest BCUT2D eigenvalue weighted by atomic mass is 16.6. The second kappa shape index (κ2) is 6.62. The number of fused-ring (bicyclic) bond motifs is 3. The van der Waals surface area contributed by atoms with Crippen molar-refractivity contribution in [2.24, 2.45) is 0 Å². The first-order valence-corrected chi connectivity index (χ1v) is 9.80. The summed E-state index contributed by atoms with van der Waals surface area (Å²) in [7, 11) is 1.64. The molecule has 2 aliphatic rings. The van der Waals surface area contributed by atoms with Crippen LogP contribution in [0.4, 0.5) is 0 Å². The van der Waals surface area contributed by atoms with E-state index in [1.165, 1.54) is 0 Å². The molecule has 29 heavy (non-hydrogen) atoms. The van der Waals surface area contributed by atoms with Crippen molar-refractivity contribution in [3.63, 3.8) is 0 Å². The molecular weight excluding hydrogens is 366 g/mol. The van der Waals surface area contributed by atoms with Crippen LogP contribution in [0.15, 0.2) is 60.7 Å². The summed E-state index contributed by atoms with van der Waals surface area (Å²) < 4.78 is 11.2. The van der Waals surface area contributed by atoms with E-state index < -0.39 is 5.60 Å². The van der Waals surface area contributed by atoms with Crippen LogP contribution < -0.4 is 4.74 Å². The zero-order chi connectivity index (χ0) is 20.0. The summed E-state index contributed by atoms with van der Waals surface area (Å²) in [5.74, 6) is 0.536. The van der Waals surface area contributed by atoms with Crippen LogP contribution in [0.3, 0.4) is 0 Å². The molecule has 146 valence electrons. The standard InChI is InChI=1S/C24H21NO4/c1-28-21-8-4-5-16-15-17(9-10-18(16)21)22(26)25-13-11-24(12-14-25)20-7-3-2-6-19(20)23(27)29-24/h2-10,15H,11-14H2,1H3. The molecule has 0 aromatic heterocycles. The highest BCUT2D eigenvalue weighted by Gasteiger charge is 2.47. The third-order valence-electron chi connectivity index (χ3n) is 6.09. The first-order valence-electron chi connectivity index (χ1n) is 9.80. The first-order chi connectivity index (χ1) is 14.1. The number of piperidine rings is 1. The quantitative estimate of drug-likeness (QED) is 0.620. The monoisotopic (exact) mass is 387 g/mol. The number of carbonyl (C=O) groups excluding carboxylic acids is 2. The van der Waals surface area contributed by atoms with Gasteiger partial charge in [0.1, 0.15) is 11.4 Å². The summed E-state index contributed by atoms with van der Waals surface area (Å²) in [6.45, 7) is 1.10. The van der Waals surface area contributed by atoms with Gasteiger partial charge in [0.25, 0.3) is 5.91 Å². The first kappa shape index (κ1) is 17.7. The number of likely N-dealkylation sites (tertiary alicyclic amines) is 1. The Morgan fingerprint density at radius 2 is 1.83 bits per heavy atom. The van der Waals surface area contributed by atoms with E-state index in [9.17, 15) is 9.59 Å². The Morgan fingerprint density at radius 3 is 2.62 bits per heavy atom. The summed E-state index contributed by atoms with van der Waals surface area (Å²) in [6, 6.07) is 19.1. The van der Waals surface area contributed by atoms with Crippen LogP contribution in [0.1, 0.15) is 39.1 Å². The molecule has 0 radical (unpaired) electrons. The fourth-order valence-electron chi connectivity index (χ4n) is 4.54. The van der Waals surface area contributed by atoms with Crippen molar-refractivity contribution in [3.05, 3.63) is 77.4 Å². The van der Waals surface area contributed by atoms with E-state index in [1.807, 2.05) is 65.6 Å². The number of hydrogen-bond acceptors (Lipinski definition) is 4. The van der Waals surface area contributed by atoms with Crippen molar-refractivity contribution in [3.8, 4) is 5.75 Å². The van der Waals surface area contributed by atoms with Crippen LogP contribution in [0.25, 0.3) is 10.8 Å². The molecule has 1 amide bonds. The normalized spacial score (nSPS) is 17.3. The SMILES string of the molecule is COc1cccc2cc(C(=O)N3CCC4(CC3)OC(=O)c3ccccc34)ccc12. The van der Waals surface area contributed by atoms with Gasteiger partial charge in [0.2, 0.25) is 0 Å². The van der Waals surface area contributed by atoms with Crippen LogP contribution in [0.2, 0.25) is 0 Å². The molecule has 1 spiro atoms. The van der Waals surface area contributed by atoms with Gasteiger partial charge in [-0.05, 0) is 35.7 Å². The van der Waals surface area contributed by atoms with Crippen LogP contribution in [0, 0.1) is 0 Å². The molecule has 1 saturated heterocycles. The lowest BCUT2D eigenvalue weighted by Gasteiger charge is -2.38. The number of nitrogens with zero attached hydrogens (tertiary/aromatic N) is 1. The van der Waals surface area contributed by atoms with Gasteiger partial charge in [0.15, 0.2) is 0 Å². The number of methoxy groups -OCH3 is 1. The fraction of sp³-hybridized carbons (Fsp3) is 0.250. The van der Waals surface area contributed by atoms with Crippen LogP contribution in [-0.2, 0) is 10.3 Å². The number of hydrogen-bond donors (Lipinski definition) is 0. The van der Waals surface area contributed by atoms with E-state index in [2.05, 4.69) is 0 Å². The molecule has 5 heteroatoms. The Hall–Kier alpha value is -3.34. The average molecular weight is 387 g/mol. The lowest BCUT2D eigenvalue weighted by Crippen LogP contribution is -2.45. The minimum atomic E-state index is -0.596. The molecule has 5 nitrogen and oxygen atoms in total. The zero-order valence-electron chi connectivity index (χ0n) is 16.2. The minimum absolute atomic E-state index is 0.00202. The molecule has 2 heterocycles. The number of benzene rings is 3. The number of ether oxygens (including phenoxy) is 2. The molecule has 5 rings (SSSR count). The number of esters is 1. The van der Waals surface area contributed by atoms with E-state index >= 15 is 0 Å². The lowest BCUT2D eigenvalue weighted by molar-refractivity contribution is -0.0389. The predicted molar refractivity (Wildman–Crippen MR) is 109 cm³/mol. The Kier molecular flexibility index (Phi) is 4.05. The Morgan fingerprint density at radius 1 is 1.03 bits per heavy atom. The van der Waals surface area contributed by atoms with Gasteiger partial charge in [-0.25, -0.2) is 4.79 Å². The lowest BCUT2D eigenvalue weighted by atomic mass is 9.83. The molecular formula is C24H21NO4. The molecule has 2 aliphatic heterocycles. The van der Waals surface area contributed by atoms with Gasteiger partial charge in [0.05, 0.1) is 12.7 Å². The van der Waals surface area contributed by atoms with Crippen LogP contribution >= 0.6 is 0 Å². The largest absolute Gasteiger partial charge is 0.496 e. The molecule has 3 aromatic rings. The van der Waals surface area contributed by atoms with E-state index in [4.69, 9.17) is 9.47 Å². The molecule has 0 N–H and O–H groups in total. The summed E-state index contributed by atoms with van der Waals surface area (Å²) in [5.41, 5.74) is 1.66. The molecule has 0 saturated carbocycles. The highest BCUT2D eigenvalue weighted by Crippen LogP contribution is 2.44. The third-order valence-corrected chi connectivity index (χ3v) is 6.09. The van der Waals surface area contributed by atoms with Gasteiger partial charge in [-0.3, -0.25) is 4.79 Å². The molecule has 0 bridgehead atoms. The Balaban J connectivity index is 1.37. The topological polar surface area (TPSA) is 55.8 Å². The molecule has 1 fully saturated rings. The molecule has 0 aliphatic carbocycles. The average Bonchev–Trinajstić information content (AvgIpc) is 3.04. The van der Waals surface area contributed by atoms with Gasteiger partial charge in [0, 0.05) is 42.4 Å². The maximum atomic E-state index is 13.1. The van der Waals surface area contributed by atoms with Gasteiger partial charge >= 0.3 is 5.97 Å². The molecule has 0 atom stereocenters. The zero-order valence-corrected chi connectivity index (χ0v) is 16.2. The minimum Gasteiger partial charge on any atom is -0.496 e. The highest BCUT2D eigenvalue weighted by molar-refractivity contribution is 6.00. The van der Waals surface area contributed by atoms with Crippen molar-refractivity contribution in [2.45, 2.75) is 18.4 Å². The second-order valence-corrected chi connectivity index (χ2v) is 7.62.